The van der Waals surface area contributed by atoms with E-state index in [2.05, 4.69) is 20.0 Å². The highest BCUT2D eigenvalue weighted by Gasteiger charge is 2.31. The van der Waals surface area contributed by atoms with Crippen LogP contribution in [0.2, 0.25) is 0 Å². The minimum Gasteiger partial charge on any atom is -0.406 e. The summed E-state index contributed by atoms with van der Waals surface area (Å²) in [5.74, 6) is -0.570. The lowest BCUT2D eigenvalue weighted by Crippen LogP contribution is -2.22. The van der Waals surface area contributed by atoms with Gasteiger partial charge in [0, 0.05) is 24.5 Å². The van der Waals surface area contributed by atoms with E-state index < -0.39 is 6.36 Å². The van der Waals surface area contributed by atoms with Gasteiger partial charge in [-0.25, -0.2) is 4.98 Å². The number of aromatic nitrogens is 2. The van der Waals surface area contributed by atoms with E-state index in [9.17, 15) is 18.0 Å². The lowest BCUT2D eigenvalue weighted by Gasteiger charge is -2.08. The van der Waals surface area contributed by atoms with Gasteiger partial charge in [-0.2, -0.15) is 0 Å². The molecular formula is C18H14F3N3O2S. The van der Waals surface area contributed by atoms with Gasteiger partial charge < -0.3 is 10.1 Å². The Balaban J connectivity index is 1.71. The average Bonchev–Trinajstić information content (AvgIpc) is 3.02. The lowest BCUT2D eigenvalue weighted by atomic mass is 10.2. The molecule has 0 aliphatic carbocycles. The van der Waals surface area contributed by atoms with E-state index in [0.717, 1.165) is 5.56 Å². The van der Waals surface area contributed by atoms with Gasteiger partial charge in [0.2, 0.25) is 0 Å². The monoisotopic (exact) mass is 393 g/mol. The Bertz CT molecular complexity index is 925. The standard InChI is InChI=1S/C18H14F3N3O2S/c1-11-15(16(25)23-10-12-6-8-22-9-7-12)27-17(24-11)13-2-4-14(5-3-13)26-18(19,20)21/h2-9H,10H2,1H3,(H,23,25). The zero-order chi connectivity index (χ0) is 19.4. The van der Waals surface area contributed by atoms with Crippen molar-refractivity contribution in [3.05, 3.63) is 64.9 Å². The first kappa shape index (κ1) is 18.8. The van der Waals surface area contributed by atoms with Crippen LogP contribution in [0.25, 0.3) is 10.6 Å². The van der Waals surface area contributed by atoms with E-state index in [1.165, 1.54) is 35.6 Å². The van der Waals surface area contributed by atoms with E-state index in [4.69, 9.17) is 0 Å². The number of carbonyl (C=O) groups excluding carboxylic acids is 1. The molecule has 0 saturated heterocycles. The quantitative estimate of drug-likeness (QED) is 0.700. The summed E-state index contributed by atoms with van der Waals surface area (Å²) in [6, 6.07) is 8.97. The van der Waals surface area contributed by atoms with Crippen molar-refractivity contribution in [1.82, 2.24) is 15.3 Å². The number of halogens is 3. The Morgan fingerprint density at radius 2 is 1.81 bits per heavy atom. The number of alkyl halides is 3. The van der Waals surface area contributed by atoms with Crippen molar-refractivity contribution in [1.29, 1.82) is 0 Å². The third-order valence-corrected chi connectivity index (χ3v) is 4.75. The summed E-state index contributed by atoms with van der Waals surface area (Å²) in [4.78, 5) is 21.1. The fourth-order valence-corrected chi connectivity index (χ4v) is 3.28. The molecule has 0 atom stereocenters. The normalized spacial score (nSPS) is 11.3. The maximum atomic E-state index is 12.4. The molecule has 5 nitrogen and oxygen atoms in total. The smallest absolute Gasteiger partial charge is 0.406 e. The Kier molecular flexibility index (Phi) is 5.41. The highest BCUT2D eigenvalue weighted by Crippen LogP contribution is 2.30. The van der Waals surface area contributed by atoms with E-state index >= 15 is 0 Å². The number of pyridine rings is 1. The van der Waals surface area contributed by atoms with Gasteiger partial charge in [0.1, 0.15) is 15.6 Å². The zero-order valence-corrected chi connectivity index (χ0v) is 14.9. The first-order valence-corrected chi connectivity index (χ1v) is 8.64. The Morgan fingerprint density at radius 1 is 1.15 bits per heavy atom. The van der Waals surface area contributed by atoms with Gasteiger partial charge in [0.05, 0.1) is 5.69 Å². The molecule has 1 amide bonds. The number of nitrogens with zero attached hydrogens (tertiary/aromatic N) is 2. The number of ether oxygens (including phenoxy) is 1. The van der Waals surface area contributed by atoms with E-state index in [1.54, 1.807) is 31.5 Å². The van der Waals surface area contributed by atoms with Crippen LogP contribution in [0.4, 0.5) is 13.2 Å². The van der Waals surface area contributed by atoms with Crippen molar-refractivity contribution in [3.8, 4) is 16.3 Å². The van der Waals surface area contributed by atoms with Crippen molar-refractivity contribution < 1.29 is 22.7 Å². The van der Waals surface area contributed by atoms with Crippen molar-refractivity contribution in [2.24, 2.45) is 0 Å². The van der Waals surface area contributed by atoms with Crippen molar-refractivity contribution in [2.45, 2.75) is 19.8 Å². The summed E-state index contributed by atoms with van der Waals surface area (Å²) >= 11 is 1.18. The number of hydrogen-bond acceptors (Lipinski definition) is 5. The number of amides is 1. The summed E-state index contributed by atoms with van der Waals surface area (Å²) in [6.07, 6.45) is -1.45. The molecule has 0 fully saturated rings. The predicted octanol–water partition coefficient (Wildman–Crippen LogP) is 4.34. The minimum atomic E-state index is -4.74. The second-order valence-electron chi connectivity index (χ2n) is 5.54. The van der Waals surface area contributed by atoms with Gasteiger partial charge in [-0.3, -0.25) is 9.78 Å². The number of carbonyl (C=O) groups is 1. The van der Waals surface area contributed by atoms with Crippen LogP contribution in [0.1, 0.15) is 20.9 Å². The van der Waals surface area contributed by atoms with E-state index in [1.807, 2.05) is 0 Å². The average molecular weight is 393 g/mol. The molecule has 0 aliphatic heterocycles. The lowest BCUT2D eigenvalue weighted by molar-refractivity contribution is -0.274. The Labute approximate surface area is 156 Å². The van der Waals surface area contributed by atoms with Crippen LogP contribution in [-0.4, -0.2) is 22.2 Å². The number of thiazole rings is 1. The Hall–Kier alpha value is -2.94. The highest BCUT2D eigenvalue weighted by molar-refractivity contribution is 7.17. The van der Waals surface area contributed by atoms with Gasteiger partial charge in [0.15, 0.2) is 0 Å². The maximum Gasteiger partial charge on any atom is 0.573 e. The number of hydrogen-bond donors (Lipinski definition) is 1. The van der Waals surface area contributed by atoms with E-state index in [0.29, 0.717) is 27.7 Å². The largest absolute Gasteiger partial charge is 0.573 e. The van der Waals surface area contributed by atoms with Crippen LogP contribution in [0.5, 0.6) is 5.75 Å². The third kappa shape index (κ3) is 5.04. The molecule has 2 heterocycles. The predicted molar refractivity (Wildman–Crippen MR) is 94.4 cm³/mol. The zero-order valence-electron chi connectivity index (χ0n) is 14.1. The molecule has 2 aromatic heterocycles. The topological polar surface area (TPSA) is 64.1 Å². The minimum absolute atomic E-state index is 0.259. The molecule has 3 rings (SSSR count). The van der Waals surface area contributed by atoms with Crippen molar-refractivity contribution in [2.75, 3.05) is 0 Å². The summed E-state index contributed by atoms with van der Waals surface area (Å²) in [7, 11) is 0. The van der Waals surface area contributed by atoms with Gasteiger partial charge in [-0.1, -0.05) is 0 Å². The van der Waals surface area contributed by atoms with E-state index in [-0.39, 0.29) is 11.7 Å². The van der Waals surface area contributed by atoms with Gasteiger partial charge in [0.25, 0.3) is 5.91 Å². The number of benzene rings is 1. The van der Waals surface area contributed by atoms with Crippen LogP contribution >= 0.6 is 11.3 Å². The second-order valence-corrected chi connectivity index (χ2v) is 6.54. The van der Waals surface area contributed by atoms with Crippen LogP contribution in [0.15, 0.2) is 48.8 Å². The molecule has 0 saturated carbocycles. The van der Waals surface area contributed by atoms with Crippen LogP contribution in [0, 0.1) is 6.92 Å². The fourth-order valence-electron chi connectivity index (χ4n) is 2.29. The second kappa shape index (κ2) is 7.75. The third-order valence-electron chi connectivity index (χ3n) is 3.54. The molecule has 0 spiro atoms. The molecule has 0 aliphatic rings. The molecule has 140 valence electrons. The highest BCUT2D eigenvalue weighted by atomic mass is 32.1. The summed E-state index contributed by atoms with van der Waals surface area (Å²) in [6.45, 7) is 2.07. The molecule has 0 unspecified atom stereocenters. The molecule has 27 heavy (non-hydrogen) atoms. The maximum absolute atomic E-state index is 12.4. The molecular weight excluding hydrogens is 379 g/mol. The number of aryl methyl sites for hydroxylation is 1. The summed E-state index contributed by atoms with van der Waals surface area (Å²) in [5, 5.41) is 3.36. The SMILES string of the molecule is Cc1nc(-c2ccc(OC(F)(F)F)cc2)sc1C(=O)NCc1ccncc1. The van der Waals surface area contributed by atoms with Gasteiger partial charge in [-0.05, 0) is 48.9 Å². The summed E-state index contributed by atoms with van der Waals surface area (Å²) < 4.78 is 40.5. The first-order valence-electron chi connectivity index (χ1n) is 7.82. The molecule has 9 heteroatoms. The summed E-state index contributed by atoms with van der Waals surface area (Å²) in [5.41, 5.74) is 2.07. The van der Waals surface area contributed by atoms with Crippen LogP contribution in [0.3, 0.4) is 0 Å². The Morgan fingerprint density at radius 3 is 2.44 bits per heavy atom. The van der Waals surface area contributed by atoms with Crippen LogP contribution < -0.4 is 10.1 Å². The number of nitrogens with one attached hydrogen (secondary N) is 1. The molecule has 1 N–H and O–H groups in total. The molecule has 3 aromatic rings. The van der Waals surface area contributed by atoms with Gasteiger partial charge in [-0.15, -0.1) is 24.5 Å². The van der Waals surface area contributed by atoms with Crippen molar-refractivity contribution >= 4 is 17.2 Å². The van der Waals surface area contributed by atoms with Gasteiger partial charge >= 0.3 is 6.36 Å². The number of rotatable bonds is 5. The molecule has 0 radical (unpaired) electrons. The molecule has 0 bridgehead atoms. The van der Waals surface area contributed by atoms with Crippen LogP contribution in [-0.2, 0) is 6.54 Å². The fraction of sp³-hybridized carbons (Fsp3) is 0.167. The van der Waals surface area contributed by atoms with Crippen molar-refractivity contribution in [3.63, 3.8) is 0 Å². The molecule has 1 aromatic carbocycles. The first-order chi connectivity index (χ1) is 12.8.